The molecule has 1 N–H and O–H groups in total. The van der Waals surface area contributed by atoms with Crippen LogP contribution in [0.25, 0.3) is 0 Å². The third kappa shape index (κ3) is 3.03. The summed E-state index contributed by atoms with van der Waals surface area (Å²) in [5, 5.41) is 18.0. The fraction of sp³-hybridized carbons (Fsp3) is 0.312. The first-order valence-corrected chi connectivity index (χ1v) is 7.80. The third-order valence-corrected chi connectivity index (χ3v) is 3.79. The maximum absolute atomic E-state index is 12.9. The molecule has 2 aromatic heterocycles. The van der Waals surface area contributed by atoms with Crippen molar-refractivity contribution in [3.05, 3.63) is 53.5 Å². The maximum Gasteiger partial charge on any atom is 0.256 e. The van der Waals surface area contributed by atoms with Crippen LogP contribution in [0.1, 0.15) is 36.7 Å². The van der Waals surface area contributed by atoms with Gasteiger partial charge in [-0.25, -0.2) is 4.68 Å². The molecule has 3 rings (SSSR count). The first-order valence-electron chi connectivity index (χ1n) is 7.80. The van der Waals surface area contributed by atoms with E-state index in [1.54, 1.807) is 0 Å². The maximum atomic E-state index is 12.9. The number of carbonyl (C=O) groups excluding carboxylic acids is 1. The lowest BCUT2D eigenvalue weighted by Crippen LogP contribution is -2.27. The molecule has 0 radical (unpaired) electrons. The van der Waals surface area contributed by atoms with Gasteiger partial charge in [0, 0.05) is 5.56 Å². The topological polar surface area (TPSA) is 98.7 Å². The van der Waals surface area contributed by atoms with Crippen molar-refractivity contribution < 1.29 is 9.32 Å². The molecule has 1 amide bonds. The molecule has 0 fully saturated rings. The Bertz CT molecular complexity index is 797. The van der Waals surface area contributed by atoms with Crippen molar-refractivity contribution >= 4 is 11.8 Å². The second-order valence-corrected chi connectivity index (χ2v) is 5.24. The molecule has 0 aliphatic carbocycles. The van der Waals surface area contributed by atoms with Crippen molar-refractivity contribution in [2.24, 2.45) is 0 Å². The third-order valence-electron chi connectivity index (χ3n) is 3.79. The van der Waals surface area contributed by atoms with Crippen LogP contribution in [0.15, 0.2) is 41.2 Å². The Balaban J connectivity index is 1.92. The van der Waals surface area contributed by atoms with Crippen LogP contribution in [0.2, 0.25) is 0 Å². The molecule has 24 heavy (non-hydrogen) atoms. The number of anilines is 1. The molecule has 2 heterocycles. The van der Waals surface area contributed by atoms with Crippen LogP contribution in [-0.2, 0) is 17.6 Å². The van der Waals surface area contributed by atoms with Gasteiger partial charge in [-0.05, 0) is 28.8 Å². The van der Waals surface area contributed by atoms with Crippen LogP contribution in [0, 0.1) is 0 Å². The zero-order valence-corrected chi connectivity index (χ0v) is 13.5. The summed E-state index contributed by atoms with van der Waals surface area (Å²) in [5.74, 6) is 0.0929. The number of nitrogens with one attached hydrogen (secondary N) is 1. The Hall–Kier alpha value is -3.03. The van der Waals surface area contributed by atoms with E-state index in [2.05, 4.69) is 26.0 Å². The Morgan fingerprint density at radius 1 is 1.25 bits per heavy atom. The highest BCUT2D eigenvalue weighted by Gasteiger charge is 2.26. The second-order valence-electron chi connectivity index (χ2n) is 5.24. The Morgan fingerprint density at radius 3 is 2.67 bits per heavy atom. The predicted molar refractivity (Wildman–Crippen MR) is 86.3 cm³/mol. The number of carbonyl (C=O) groups is 1. The van der Waals surface area contributed by atoms with Gasteiger partial charge in [-0.15, -0.1) is 5.10 Å². The summed E-state index contributed by atoms with van der Waals surface area (Å²) >= 11 is 0. The SMILES string of the molecule is CCc1noc(NC(=O)C(c2ccccc2)n2cnnn2)c1CC. The molecular formula is C16H18N6O2. The minimum atomic E-state index is -0.693. The minimum Gasteiger partial charge on any atom is -0.338 e. The molecule has 1 aromatic carbocycles. The molecule has 1 unspecified atom stereocenters. The summed E-state index contributed by atoms with van der Waals surface area (Å²) < 4.78 is 6.72. The van der Waals surface area contributed by atoms with E-state index in [1.165, 1.54) is 11.0 Å². The molecule has 0 aliphatic rings. The number of aryl methyl sites for hydroxylation is 1. The first-order chi connectivity index (χ1) is 11.7. The van der Waals surface area contributed by atoms with Crippen molar-refractivity contribution in [3.8, 4) is 0 Å². The van der Waals surface area contributed by atoms with Crippen molar-refractivity contribution in [1.29, 1.82) is 0 Å². The summed E-state index contributed by atoms with van der Waals surface area (Å²) in [5.41, 5.74) is 2.54. The van der Waals surface area contributed by atoms with Gasteiger partial charge in [0.25, 0.3) is 5.91 Å². The average molecular weight is 326 g/mol. The molecule has 124 valence electrons. The van der Waals surface area contributed by atoms with Gasteiger partial charge >= 0.3 is 0 Å². The molecular weight excluding hydrogens is 308 g/mol. The van der Waals surface area contributed by atoms with E-state index in [4.69, 9.17) is 4.52 Å². The Kier molecular flexibility index (Phi) is 4.64. The second kappa shape index (κ2) is 7.03. The Morgan fingerprint density at radius 2 is 2.04 bits per heavy atom. The number of benzene rings is 1. The number of tetrazole rings is 1. The number of hydrogen-bond acceptors (Lipinski definition) is 6. The molecule has 0 aliphatic heterocycles. The predicted octanol–water partition coefficient (Wildman–Crippen LogP) is 2.01. The van der Waals surface area contributed by atoms with E-state index in [9.17, 15) is 4.79 Å². The van der Waals surface area contributed by atoms with E-state index < -0.39 is 6.04 Å². The van der Waals surface area contributed by atoms with Crippen LogP contribution < -0.4 is 5.32 Å². The van der Waals surface area contributed by atoms with Gasteiger partial charge in [-0.1, -0.05) is 49.3 Å². The van der Waals surface area contributed by atoms with Crippen molar-refractivity contribution in [2.75, 3.05) is 5.32 Å². The van der Waals surface area contributed by atoms with Crippen LogP contribution >= 0.6 is 0 Å². The van der Waals surface area contributed by atoms with E-state index in [-0.39, 0.29) is 5.91 Å². The van der Waals surface area contributed by atoms with Crippen molar-refractivity contribution in [2.45, 2.75) is 32.7 Å². The van der Waals surface area contributed by atoms with E-state index >= 15 is 0 Å². The van der Waals surface area contributed by atoms with Crippen LogP contribution in [0.4, 0.5) is 5.88 Å². The van der Waals surface area contributed by atoms with Crippen LogP contribution in [-0.4, -0.2) is 31.3 Å². The summed E-state index contributed by atoms with van der Waals surface area (Å²) in [4.78, 5) is 12.9. The zero-order chi connectivity index (χ0) is 16.9. The molecule has 8 heteroatoms. The van der Waals surface area contributed by atoms with Gasteiger partial charge in [-0.3, -0.25) is 10.1 Å². The fourth-order valence-electron chi connectivity index (χ4n) is 2.61. The summed E-state index contributed by atoms with van der Waals surface area (Å²) in [6.45, 7) is 3.99. The lowest BCUT2D eigenvalue weighted by molar-refractivity contribution is -0.118. The summed E-state index contributed by atoms with van der Waals surface area (Å²) in [6.07, 6.45) is 2.89. The number of aromatic nitrogens is 5. The highest BCUT2D eigenvalue weighted by Crippen LogP contribution is 2.24. The first kappa shape index (κ1) is 15.9. The molecule has 3 aromatic rings. The highest BCUT2D eigenvalue weighted by molar-refractivity contribution is 5.95. The van der Waals surface area contributed by atoms with E-state index in [0.29, 0.717) is 5.88 Å². The monoisotopic (exact) mass is 326 g/mol. The standard InChI is InChI=1S/C16H18N6O2/c1-3-12-13(4-2)19-24-16(12)18-15(23)14(22-10-17-20-21-22)11-8-6-5-7-9-11/h5-10,14H,3-4H2,1-2H3,(H,18,23). The fourth-order valence-corrected chi connectivity index (χ4v) is 2.61. The van der Waals surface area contributed by atoms with Crippen molar-refractivity contribution in [3.63, 3.8) is 0 Å². The van der Waals surface area contributed by atoms with Gasteiger partial charge in [0.05, 0.1) is 5.69 Å². The van der Waals surface area contributed by atoms with Gasteiger partial charge < -0.3 is 4.52 Å². The molecule has 0 spiro atoms. The smallest absolute Gasteiger partial charge is 0.256 e. The van der Waals surface area contributed by atoms with Crippen LogP contribution in [0.5, 0.6) is 0 Å². The normalized spacial score (nSPS) is 12.1. The van der Waals surface area contributed by atoms with E-state index in [1.807, 2.05) is 44.2 Å². The molecule has 0 bridgehead atoms. The number of hydrogen-bond donors (Lipinski definition) is 1. The molecule has 0 saturated heterocycles. The number of nitrogens with zero attached hydrogens (tertiary/aromatic N) is 5. The lowest BCUT2D eigenvalue weighted by atomic mass is 10.1. The quantitative estimate of drug-likeness (QED) is 0.744. The zero-order valence-electron chi connectivity index (χ0n) is 13.5. The van der Waals surface area contributed by atoms with Crippen LogP contribution in [0.3, 0.4) is 0 Å². The molecule has 8 nitrogen and oxygen atoms in total. The summed E-state index contributed by atoms with van der Waals surface area (Å²) in [6, 6.07) is 8.62. The minimum absolute atomic E-state index is 0.290. The summed E-state index contributed by atoms with van der Waals surface area (Å²) in [7, 11) is 0. The average Bonchev–Trinajstić information content (AvgIpc) is 3.25. The van der Waals surface area contributed by atoms with Gasteiger partial charge in [0.15, 0.2) is 6.04 Å². The van der Waals surface area contributed by atoms with Gasteiger partial charge in [-0.2, -0.15) is 0 Å². The molecule has 0 saturated carbocycles. The van der Waals surface area contributed by atoms with Gasteiger partial charge in [0.2, 0.25) is 5.88 Å². The number of rotatable bonds is 6. The molecule has 1 atom stereocenters. The highest BCUT2D eigenvalue weighted by atomic mass is 16.5. The van der Waals surface area contributed by atoms with Crippen molar-refractivity contribution in [1.82, 2.24) is 25.4 Å². The lowest BCUT2D eigenvalue weighted by Gasteiger charge is -2.15. The van der Waals surface area contributed by atoms with E-state index in [0.717, 1.165) is 29.7 Å². The number of amides is 1. The van der Waals surface area contributed by atoms with Gasteiger partial charge in [0.1, 0.15) is 6.33 Å². The Labute approximate surface area is 138 Å². The largest absolute Gasteiger partial charge is 0.338 e.